The number of nitrogens with zero attached hydrogens (tertiary/aromatic N) is 4. The predicted octanol–water partition coefficient (Wildman–Crippen LogP) is 6.14. The van der Waals surface area contributed by atoms with Crippen LogP contribution in [0.2, 0.25) is 0 Å². The summed E-state index contributed by atoms with van der Waals surface area (Å²) in [6.07, 6.45) is 1.57. The maximum Gasteiger partial charge on any atom is 0.387 e. The minimum absolute atomic E-state index is 0.129. The van der Waals surface area contributed by atoms with E-state index in [1.54, 1.807) is 34.9 Å². The molecule has 5 rings (SSSR count). The first-order chi connectivity index (χ1) is 18.2. The molecule has 0 fully saturated rings. The molecule has 0 saturated heterocycles. The third-order valence-corrected chi connectivity index (χ3v) is 7.68. The second-order valence-electron chi connectivity index (χ2n) is 8.87. The van der Waals surface area contributed by atoms with Gasteiger partial charge in [0.25, 0.3) is 0 Å². The number of hydrogen-bond acceptors (Lipinski definition) is 4. The average molecular weight is 541 g/mol. The van der Waals surface area contributed by atoms with Crippen LogP contribution in [0.5, 0.6) is 5.75 Å². The quantitative estimate of drug-likeness (QED) is 0.143. The summed E-state index contributed by atoms with van der Waals surface area (Å²) in [5, 5.41) is 0.585. The molecule has 0 spiro atoms. The number of nitrogens with two attached hydrogens (primary N) is 1. The second kappa shape index (κ2) is 10.2. The Hall–Kier alpha value is -3.78. The van der Waals surface area contributed by atoms with Gasteiger partial charge in [-0.25, -0.2) is 18.8 Å². The maximum atomic E-state index is 15.4. The molecular formula is C27H24F4N5OP. The van der Waals surface area contributed by atoms with E-state index < -0.39 is 32.2 Å². The van der Waals surface area contributed by atoms with Crippen LogP contribution in [0.15, 0.2) is 58.5 Å². The molecule has 3 aromatic carbocycles. The standard InChI is InChI=1S/C27H24F4N5OP/c1-4-19-26-35-20-12-17(28)16(14-8-9-23(38(2)3)18(29)10-14)11-21(20)36(26)24-15(25(34-19)33-13-32)6-5-7-22(24)37-27(30)31/h5-13,19,27H,4H2,1-3H3,(H2,32,33,34). The van der Waals surface area contributed by atoms with Gasteiger partial charge in [-0.3, -0.25) is 9.56 Å². The summed E-state index contributed by atoms with van der Waals surface area (Å²) in [5.74, 6) is -0.502. The van der Waals surface area contributed by atoms with E-state index in [1.165, 1.54) is 18.2 Å². The normalized spacial score (nSPS) is 15.2. The van der Waals surface area contributed by atoms with Gasteiger partial charge in [-0.2, -0.15) is 8.78 Å². The van der Waals surface area contributed by atoms with Crippen molar-refractivity contribution in [1.29, 1.82) is 0 Å². The lowest BCUT2D eigenvalue weighted by Crippen LogP contribution is -2.11. The number of ether oxygens (including phenoxy) is 1. The minimum Gasteiger partial charge on any atom is -0.433 e. The van der Waals surface area contributed by atoms with Gasteiger partial charge in [0.15, 0.2) is 11.6 Å². The SMILES string of the molecule is CCC1N=C(N=CN)c2cccc(OC(F)F)c2-n2c1nc1cc(F)c(-c3ccc(P(C)C)c(F)c3)cc12. The number of alkyl halides is 2. The van der Waals surface area contributed by atoms with E-state index in [0.717, 1.165) is 6.34 Å². The van der Waals surface area contributed by atoms with Crippen LogP contribution >= 0.6 is 7.92 Å². The predicted molar refractivity (Wildman–Crippen MR) is 144 cm³/mol. The smallest absolute Gasteiger partial charge is 0.387 e. The Morgan fingerprint density at radius 1 is 1.11 bits per heavy atom. The number of para-hydroxylation sites is 1. The van der Waals surface area contributed by atoms with Crippen LogP contribution in [0.3, 0.4) is 0 Å². The number of hydrogen-bond donors (Lipinski definition) is 1. The van der Waals surface area contributed by atoms with Crippen molar-refractivity contribution in [2.45, 2.75) is 26.0 Å². The van der Waals surface area contributed by atoms with E-state index in [-0.39, 0.29) is 22.8 Å². The number of benzene rings is 3. The molecule has 6 nitrogen and oxygen atoms in total. The van der Waals surface area contributed by atoms with E-state index in [0.29, 0.717) is 39.7 Å². The summed E-state index contributed by atoms with van der Waals surface area (Å²) in [4.78, 5) is 13.5. The number of amidine groups is 1. The third-order valence-electron chi connectivity index (χ3n) is 6.35. The van der Waals surface area contributed by atoms with Gasteiger partial charge < -0.3 is 10.5 Å². The Kier molecular flexibility index (Phi) is 6.92. The zero-order chi connectivity index (χ0) is 27.1. The summed E-state index contributed by atoms with van der Waals surface area (Å²) in [7, 11) is -0.682. The van der Waals surface area contributed by atoms with Gasteiger partial charge in [0.1, 0.15) is 29.2 Å². The highest BCUT2D eigenvalue weighted by atomic mass is 31.1. The van der Waals surface area contributed by atoms with Gasteiger partial charge in [0.2, 0.25) is 0 Å². The summed E-state index contributed by atoms with van der Waals surface area (Å²) < 4.78 is 63.6. The Balaban J connectivity index is 1.83. The highest BCUT2D eigenvalue weighted by Gasteiger charge is 2.30. The number of rotatable bonds is 5. The summed E-state index contributed by atoms with van der Waals surface area (Å²) in [5.41, 5.74) is 7.40. The van der Waals surface area contributed by atoms with E-state index in [4.69, 9.17) is 15.5 Å². The van der Waals surface area contributed by atoms with Crippen molar-refractivity contribution in [2.75, 3.05) is 13.3 Å². The lowest BCUT2D eigenvalue weighted by atomic mass is 10.0. The maximum absolute atomic E-state index is 15.4. The lowest BCUT2D eigenvalue weighted by molar-refractivity contribution is -0.0498. The second-order valence-corrected chi connectivity index (χ2v) is 11.1. The van der Waals surface area contributed by atoms with Crippen LogP contribution in [0.25, 0.3) is 27.8 Å². The van der Waals surface area contributed by atoms with Gasteiger partial charge in [0.05, 0.1) is 17.4 Å². The molecule has 1 aliphatic heterocycles. The fourth-order valence-electron chi connectivity index (χ4n) is 4.68. The van der Waals surface area contributed by atoms with Crippen molar-refractivity contribution >= 4 is 36.4 Å². The number of halogens is 4. The van der Waals surface area contributed by atoms with Crippen molar-refractivity contribution in [3.63, 3.8) is 0 Å². The highest BCUT2D eigenvalue weighted by Crippen LogP contribution is 2.40. The van der Waals surface area contributed by atoms with Crippen molar-refractivity contribution in [2.24, 2.45) is 15.7 Å². The molecule has 38 heavy (non-hydrogen) atoms. The van der Waals surface area contributed by atoms with E-state index in [2.05, 4.69) is 9.98 Å². The fraction of sp³-hybridized carbons (Fsp3) is 0.222. The van der Waals surface area contributed by atoms with Gasteiger partial charge in [-0.15, -0.1) is 0 Å². The largest absolute Gasteiger partial charge is 0.433 e. The number of imidazole rings is 1. The summed E-state index contributed by atoms with van der Waals surface area (Å²) >= 11 is 0. The molecule has 1 unspecified atom stereocenters. The molecule has 1 aliphatic rings. The monoisotopic (exact) mass is 541 g/mol. The zero-order valence-electron chi connectivity index (χ0n) is 20.8. The zero-order valence-corrected chi connectivity index (χ0v) is 21.7. The molecule has 0 bridgehead atoms. The molecule has 196 valence electrons. The van der Waals surface area contributed by atoms with Gasteiger partial charge in [-0.1, -0.05) is 33.0 Å². The van der Waals surface area contributed by atoms with Gasteiger partial charge in [-0.05, 0) is 49.6 Å². The first kappa shape index (κ1) is 25.9. The average Bonchev–Trinajstić information content (AvgIpc) is 3.16. The van der Waals surface area contributed by atoms with Crippen LogP contribution in [-0.4, -0.2) is 41.7 Å². The molecule has 0 aliphatic carbocycles. The summed E-state index contributed by atoms with van der Waals surface area (Å²) in [6, 6.07) is 11.5. The van der Waals surface area contributed by atoms with Crippen molar-refractivity contribution < 1.29 is 22.3 Å². The Morgan fingerprint density at radius 2 is 1.89 bits per heavy atom. The highest BCUT2D eigenvalue weighted by molar-refractivity contribution is 7.64. The van der Waals surface area contributed by atoms with Crippen LogP contribution in [0.1, 0.15) is 30.8 Å². The number of fused-ring (bicyclic) bond motifs is 5. The molecule has 0 radical (unpaired) electrons. The number of aromatic nitrogens is 2. The molecule has 4 aromatic rings. The molecule has 0 saturated carbocycles. The van der Waals surface area contributed by atoms with Crippen LogP contribution < -0.4 is 15.8 Å². The molecule has 2 heterocycles. The Bertz CT molecular complexity index is 1600. The van der Waals surface area contributed by atoms with Crippen molar-refractivity contribution in [3.05, 3.63) is 71.6 Å². The van der Waals surface area contributed by atoms with Gasteiger partial charge >= 0.3 is 6.61 Å². The van der Waals surface area contributed by atoms with E-state index >= 15 is 4.39 Å². The molecule has 11 heteroatoms. The van der Waals surface area contributed by atoms with Crippen molar-refractivity contribution in [1.82, 2.24) is 9.55 Å². The molecular weight excluding hydrogens is 517 g/mol. The lowest BCUT2D eigenvalue weighted by Gasteiger charge is -2.17. The van der Waals surface area contributed by atoms with E-state index in [1.807, 2.05) is 20.3 Å². The molecule has 0 amide bonds. The third kappa shape index (κ3) is 4.43. The fourth-order valence-corrected chi connectivity index (χ4v) is 5.54. The minimum atomic E-state index is -3.10. The van der Waals surface area contributed by atoms with Crippen LogP contribution in [0, 0.1) is 11.6 Å². The number of aliphatic imine (C=N–C) groups is 2. The van der Waals surface area contributed by atoms with Crippen LogP contribution in [-0.2, 0) is 0 Å². The summed E-state index contributed by atoms with van der Waals surface area (Å²) in [6.45, 7) is 2.67. The van der Waals surface area contributed by atoms with Gasteiger partial charge in [0, 0.05) is 22.5 Å². The van der Waals surface area contributed by atoms with Crippen LogP contribution in [0.4, 0.5) is 17.6 Å². The Labute approximate surface area is 217 Å². The Morgan fingerprint density at radius 3 is 2.55 bits per heavy atom. The topological polar surface area (TPSA) is 77.8 Å². The van der Waals surface area contributed by atoms with E-state index in [9.17, 15) is 13.2 Å². The molecule has 2 N–H and O–H groups in total. The first-order valence-electron chi connectivity index (χ1n) is 11.8. The first-order valence-corrected chi connectivity index (χ1v) is 14.1. The molecule has 1 atom stereocenters. The molecule has 1 aromatic heterocycles. The van der Waals surface area contributed by atoms with Crippen molar-refractivity contribution in [3.8, 4) is 22.6 Å².